The first-order valence-corrected chi connectivity index (χ1v) is 11.9. The number of halogens is 2. The van der Waals surface area contributed by atoms with E-state index in [1.54, 1.807) is 0 Å². The van der Waals surface area contributed by atoms with Crippen LogP contribution < -0.4 is 16.0 Å². The summed E-state index contributed by atoms with van der Waals surface area (Å²) in [5.41, 5.74) is 3.21. The molecule has 0 bridgehead atoms. The van der Waals surface area contributed by atoms with Crippen molar-refractivity contribution in [2.45, 2.75) is 18.8 Å². The van der Waals surface area contributed by atoms with Crippen LogP contribution >= 0.6 is 0 Å². The molecule has 0 aromatic carbocycles. The molecule has 39 heavy (non-hydrogen) atoms. The Balaban J connectivity index is 1.39. The summed E-state index contributed by atoms with van der Waals surface area (Å²) in [7, 11) is 0. The number of anilines is 3. The SMILES string of the molecule is [2H]C1([2H])N(c2c(F)cncc2NC(=O)c2c(N)nn3cc(F)cnc23)C([2H])([2H])C([2H])([2H])C([2H])(C(=O)N2CCN(C3COC3)CC2)C1([2H])[2H]. The second kappa shape index (κ2) is 10.3. The minimum Gasteiger partial charge on any atom is -0.381 e. The molecule has 3 fully saturated rings. The lowest BCUT2D eigenvalue weighted by Crippen LogP contribution is -2.58. The number of hydrogen-bond donors (Lipinski definition) is 2. The highest BCUT2D eigenvalue weighted by Crippen LogP contribution is 2.33. The molecule has 0 radical (unpaired) electrons. The number of carbonyl (C=O) groups is 2. The van der Waals surface area contributed by atoms with Gasteiger partial charge in [-0.25, -0.2) is 18.3 Å². The quantitative estimate of drug-likeness (QED) is 0.477. The van der Waals surface area contributed by atoms with Crippen molar-refractivity contribution in [1.82, 2.24) is 29.4 Å². The predicted octanol–water partition coefficient (Wildman–Crippen LogP) is 0.996. The van der Waals surface area contributed by atoms with Crippen LogP contribution in [0.5, 0.6) is 0 Å². The molecule has 3 aliphatic rings. The van der Waals surface area contributed by atoms with E-state index in [0.717, 1.165) is 28.0 Å². The van der Waals surface area contributed by atoms with Crippen molar-refractivity contribution in [3.63, 3.8) is 0 Å². The Morgan fingerprint density at radius 3 is 2.56 bits per heavy atom. The number of piperazine rings is 1. The van der Waals surface area contributed by atoms with E-state index in [0.29, 0.717) is 19.4 Å². The molecule has 14 heteroatoms. The summed E-state index contributed by atoms with van der Waals surface area (Å²) >= 11 is 0. The Kier molecular flexibility index (Phi) is 4.49. The standard InChI is InChI=1S/C25H29F2N9O3/c26-16-9-30-23-20(22(28)32-36(23)12-16)24(37)31-19-11-29-10-18(27)21(19)34-3-1-15(2-4-34)25(38)35-7-5-33(6-8-35)17-13-39-14-17/h9-12,15,17H,1-8,13-14H2,(H2,28,32)(H,31,37)/i1D2,2D2,3D2,4D2,15D. The van der Waals surface area contributed by atoms with Gasteiger partial charge in [0.25, 0.3) is 5.91 Å². The van der Waals surface area contributed by atoms with Crippen LogP contribution in [0.2, 0.25) is 0 Å². The van der Waals surface area contributed by atoms with Gasteiger partial charge in [0.05, 0.1) is 49.7 Å². The van der Waals surface area contributed by atoms with E-state index in [1.807, 2.05) is 4.90 Å². The summed E-state index contributed by atoms with van der Waals surface area (Å²) in [5, 5.41) is 5.97. The monoisotopic (exact) mass is 550 g/mol. The number of fused-ring (bicyclic) bond motifs is 1. The van der Waals surface area contributed by atoms with E-state index in [9.17, 15) is 14.0 Å². The molecule has 3 saturated heterocycles. The van der Waals surface area contributed by atoms with Crippen molar-refractivity contribution in [3.05, 3.63) is 42.0 Å². The van der Waals surface area contributed by atoms with E-state index < -0.39 is 77.8 Å². The van der Waals surface area contributed by atoms with E-state index in [2.05, 4.69) is 20.4 Å². The number of nitrogens with zero attached hydrogens (tertiary/aromatic N) is 7. The summed E-state index contributed by atoms with van der Waals surface area (Å²) < 4.78 is 115. The van der Waals surface area contributed by atoms with Gasteiger partial charge >= 0.3 is 0 Å². The van der Waals surface area contributed by atoms with Gasteiger partial charge in [-0.15, -0.1) is 5.10 Å². The van der Waals surface area contributed by atoms with E-state index >= 15 is 4.39 Å². The van der Waals surface area contributed by atoms with Crippen LogP contribution in [0.25, 0.3) is 5.65 Å². The summed E-state index contributed by atoms with van der Waals surface area (Å²) in [4.78, 5) is 37.5. The summed E-state index contributed by atoms with van der Waals surface area (Å²) in [5.74, 6) is -9.17. The molecule has 3 aliphatic heterocycles. The highest BCUT2D eigenvalue weighted by molar-refractivity contribution is 6.12. The Bertz CT molecular complexity index is 1770. The summed E-state index contributed by atoms with van der Waals surface area (Å²) in [6.07, 6.45) is -4.82. The van der Waals surface area contributed by atoms with Crippen molar-refractivity contribution in [2.75, 3.05) is 68.3 Å². The van der Waals surface area contributed by atoms with Crippen LogP contribution in [0.3, 0.4) is 0 Å². The van der Waals surface area contributed by atoms with Crippen molar-refractivity contribution >= 4 is 34.7 Å². The first-order valence-electron chi connectivity index (χ1n) is 16.4. The molecule has 0 aliphatic carbocycles. The number of carbonyl (C=O) groups excluding carboxylic acids is 2. The van der Waals surface area contributed by atoms with E-state index in [-0.39, 0.29) is 42.8 Å². The van der Waals surface area contributed by atoms with Gasteiger partial charge in [0.15, 0.2) is 23.1 Å². The maximum absolute atomic E-state index is 15.7. The number of pyridine rings is 1. The third kappa shape index (κ3) is 4.85. The molecular formula is C25H29F2N9O3. The number of nitrogens with one attached hydrogen (secondary N) is 1. The van der Waals surface area contributed by atoms with Crippen molar-refractivity contribution in [3.8, 4) is 0 Å². The third-order valence-electron chi connectivity index (χ3n) is 6.58. The van der Waals surface area contributed by atoms with Crippen LogP contribution in [0, 0.1) is 17.5 Å². The van der Waals surface area contributed by atoms with Gasteiger partial charge in [-0.1, -0.05) is 0 Å². The number of aromatic nitrogens is 4. The first kappa shape index (κ1) is 16.9. The molecule has 12 nitrogen and oxygen atoms in total. The van der Waals surface area contributed by atoms with Crippen LogP contribution in [-0.4, -0.2) is 99.6 Å². The van der Waals surface area contributed by atoms with E-state index in [4.69, 9.17) is 22.8 Å². The normalized spacial score (nSPS) is 28.7. The predicted molar refractivity (Wildman–Crippen MR) is 137 cm³/mol. The van der Waals surface area contributed by atoms with Gasteiger partial charge < -0.3 is 25.6 Å². The van der Waals surface area contributed by atoms with Gasteiger partial charge in [0.1, 0.15) is 11.3 Å². The number of piperidine rings is 1. The number of nitrogen functional groups attached to an aromatic ring is 1. The third-order valence-corrected chi connectivity index (χ3v) is 6.58. The zero-order chi connectivity index (χ0) is 35.2. The average molecular weight is 551 g/mol. The second-order valence-corrected chi connectivity index (χ2v) is 8.98. The summed E-state index contributed by atoms with van der Waals surface area (Å²) in [6.45, 7) is -6.27. The van der Waals surface area contributed by atoms with Crippen molar-refractivity contribution in [1.29, 1.82) is 0 Å². The second-order valence-electron chi connectivity index (χ2n) is 8.98. The van der Waals surface area contributed by atoms with Crippen LogP contribution in [-0.2, 0) is 9.53 Å². The molecule has 3 aromatic rings. The molecule has 206 valence electrons. The smallest absolute Gasteiger partial charge is 0.263 e. The Hall–Kier alpha value is -3.91. The zero-order valence-corrected chi connectivity index (χ0v) is 20.3. The number of rotatable bonds is 5. The molecule has 0 spiro atoms. The highest BCUT2D eigenvalue weighted by atomic mass is 19.1. The van der Waals surface area contributed by atoms with Crippen LogP contribution in [0.15, 0.2) is 24.8 Å². The Morgan fingerprint density at radius 2 is 1.87 bits per heavy atom. The molecule has 0 atom stereocenters. The molecule has 6 rings (SSSR count). The number of amides is 2. The average Bonchev–Trinajstić information content (AvgIpc) is 3.31. The maximum atomic E-state index is 15.7. The van der Waals surface area contributed by atoms with Gasteiger partial charge in [-0.05, 0) is 12.7 Å². The topological polar surface area (TPSA) is 134 Å². The van der Waals surface area contributed by atoms with Gasteiger partial charge in [-0.3, -0.25) is 19.5 Å². The highest BCUT2D eigenvalue weighted by Gasteiger charge is 2.34. The minimum absolute atomic E-state index is 0.0683. The van der Waals surface area contributed by atoms with Gasteiger partial charge in [0, 0.05) is 57.4 Å². The lowest BCUT2D eigenvalue weighted by Gasteiger charge is -2.43. The lowest BCUT2D eigenvalue weighted by atomic mass is 9.94. The molecule has 3 aromatic heterocycles. The number of ether oxygens (including phenoxy) is 1. The zero-order valence-electron chi connectivity index (χ0n) is 29.3. The molecule has 2 amide bonds. The van der Waals surface area contributed by atoms with E-state index in [1.165, 1.54) is 0 Å². The molecule has 6 heterocycles. The van der Waals surface area contributed by atoms with Gasteiger partial charge in [0.2, 0.25) is 5.91 Å². The fourth-order valence-electron chi connectivity index (χ4n) is 4.46. The summed E-state index contributed by atoms with van der Waals surface area (Å²) in [6, 6.07) is 0.102. The lowest BCUT2D eigenvalue weighted by molar-refractivity contribution is -0.140. The largest absolute Gasteiger partial charge is 0.381 e. The Labute approximate surface area is 235 Å². The minimum atomic E-state index is -3.86. The first-order chi connectivity index (χ1) is 22.3. The number of nitrogens with two attached hydrogens (primary N) is 1. The van der Waals surface area contributed by atoms with Crippen LogP contribution in [0.4, 0.5) is 26.0 Å². The number of hydrogen-bond acceptors (Lipinski definition) is 9. The molecule has 0 unspecified atom stereocenters. The maximum Gasteiger partial charge on any atom is 0.263 e. The Morgan fingerprint density at radius 1 is 1.13 bits per heavy atom. The fraction of sp³-hybridized carbons (Fsp3) is 0.480. The molecular weight excluding hydrogens is 512 g/mol. The van der Waals surface area contributed by atoms with Gasteiger partial charge in [-0.2, -0.15) is 0 Å². The molecule has 0 saturated carbocycles. The van der Waals surface area contributed by atoms with Crippen molar-refractivity contribution < 1.29 is 35.4 Å². The fourth-order valence-corrected chi connectivity index (χ4v) is 4.46. The van der Waals surface area contributed by atoms with Crippen molar-refractivity contribution in [2.24, 2.45) is 5.89 Å². The van der Waals surface area contributed by atoms with Crippen LogP contribution in [0.1, 0.15) is 35.4 Å². The molecule has 3 N–H and O–H groups in total.